The van der Waals surface area contributed by atoms with Crippen molar-refractivity contribution >= 4 is 23.1 Å². The highest BCUT2D eigenvalue weighted by Gasteiger charge is 2.25. The van der Waals surface area contributed by atoms with Crippen LogP contribution < -0.4 is 10.6 Å². The summed E-state index contributed by atoms with van der Waals surface area (Å²) in [7, 11) is 1.56. The lowest BCUT2D eigenvalue weighted by Gasteiger charge is -2.22. The number of aromatic nitrogens is 3. The maximum Gasteiger partial charge on any atom is 0.271 e. The Kier molecular flexibility index (Phi) is 4.81. The van der Waals surface area contributed by atoms with E-state index in [0.717, 1.165) is 35.5 Å². The average molecular weight is 383 g/mol. The highest BCUT2D eigenvalue weighted by atomic mass is 32.1. The van der Waals surface area contributed by atoms with E-state index in [9.17, 15) is 9.18 Å². The van der Waals surface area contributed by atoms with Gasteiger partial charge in [0, 0.05) is 17.5 Å². The topological polar surface area (TPSA) is 79.8 Å². The van der Waals surface area contributed by atoms with E-state index in [0.29, 0.717) is 5.82 Å². The van der Waals surface area contributed by atoms with E-state index in [2.05, 4.69) is 20.8 Å². The zero-order chi connectivity index (χ0) is 18.8. The van der Waals surface area contributed by atoms with Gasteiger partial charge < -0.3 is 10.6 Å². The number of benzene rings is 1. The molecule has 0 saturated heterocycles. The van der Waals surface area contributed by atoms with Crippen LogP contribution in [0.4, 0.5) is 10.2 Å². The maximum atomic E-state index is 13.2. The number of thiazole rings is 1. The molecule has 2 heterocycles. The van der Waals surface area contributed by atoms with Crippen molar-refractivity contribution < 1.29 is 9.18 Å². The Morgan fingerprint density at radius 1 is 1.19 bits per heavy atom. The molecule has 1 aromatic carbocycles. The first-order valence-corrected chi connectivity index (χ1v) is 9.53. The third kappa shape index (κ3) is 3.66. The summed E-state index contributed by atoms with van der Waals surface area (Å²) in [5.74, 6) is 0.0904. The highest BCUT2D eigenvalue weighted by molar-refractivity contribution is 7.15. The van der Waals surface area contributed by atoms with Crippen LogP contribution >= 0.6 is 11.3 Å². The predicted molar refractivity (Wildman–Crippen MR) is 102 cm³/mol. The van der Waals surface area contributed by atoms with Crippen LogP contribution in [0.15, 0.2) is 36.4 Å². The monoisotopic (exact) mass is 383 g/mol. The highest BCUT2D eigenvalue weighted by Crippen LogP contribution is 2.38. The maximum absolute atomic E-state index is 13.2. The lowest BCUT2D eigenvalue weighted by molar-refractivity contribution is 0.0957. The zero-order valence-electron chi connectivity index (χ0n) is 14.7. The number of hydrogen-bond donors (Lipinski definition) is 2. The van der Waals surface area contributed by atoms with Crippen molar-refractivity contribution in [3.63, 3.8) is 0 Å². The first-order valence-electron chi connectivity index (χ1n) is 8.72. The SMILES string of the molecule is CNC(=O)c1ccc(NC2CCCc3sc(-c4ccc(F)cc4)nc32)nn1. The van der Waals surface area contributed by atoms with Crippen LogP contribution in [-0.2, 0) is 6.42 Å². The van der Waals surface area contributed by atoms with Gasteiger partial charge in [-0.1, -0.05) is 0 Å². The summed E-state index contributed by atoms with van der Waals surface area (Å²) < 4.78 is 13.2. The summed E-state index contributed by atoms with van der Waals surface area (Å²) >= 11 is 1.66. The largest absolute Gasteiger partial charge is 0.360 e. The molecule has 138 valence electrons. The Labute approximate surface area is 159 Å². The molecule has 0 aliphatic heterocycles. The molecule has 27 heavy (non-hydrogen) atoms. The standard InChI is InChI=1S/C19H18FN5OS/c1-21-18(26)14-9-10-16(25-24-14)22-13-3-2-4-15-17(13)23-19(27-15)11-5-7-12(20)8-6-11/h5-10,13H,2-4H2,1H3,(H,21,26)(H,22,25). The number of rotatable bonds is 4. The molecule has 2 N–H and O–H groups in total. The van der Waals surface area contributed by atoms with Gasteiger partial charge in [0.25, 0.3) is 5.91 Å². The number of carbonyl (C=O) groups is 1. The zero-order valence-corrected chi connectivity index (χ0v) is 15.5. The van der Waals surface area contributed by atoms with Crippen LogP contribution in [-0.4, -0.2) is 28.1 Å². The summed E-state index contributed by atoms with van der Waals surface area (Å²) in [5, 5.41) is 14.9. The molecule has 1 atom stereocenters. The molecule has 8 heteroatoms. The van der Waals surface area contributed by atoms with Gasteiger partial charge in [-0.15, -0.1) is 21.5 Å². The lowest BCUT2D eigenvalue weighted by atomic mass is 9.97. The molecule has 4 rings (SSSR count). The smallest absolute Gasteiger partial charge is 0.271 e. The molecule has 1 amide bonds. The summed E-state index contributed by atoms with van der Waals surface area (Å²) in [5.41, 5.74) is 2.21. The Balaban J connectivity index is 1.56. The van der Waals surface area contributed by atoms with E-state index in [1.807, 2.05) is 0 Å². The van der Waals surface area contributed by atoms with Crippen molar-refractivity contribution in [2.24, 2.45) is 0 Å². The van der Waals surface area contributed by atoms with Crippen LogP contribution in [0, 0.1) is 5.82 Å². The van der Waals surface area contributed by atoms with E-state index >= 15 is 0 Å². The fourth-order valence-electron chi connectivity index (χ4n) is 3.11. The number of fused-ring (bicyclic) bond motifs is 1. The molecule has 1 unspecified atom stereocenters. The van der Waals surface area contributed by atoms with Crippen molar-refractivity contribution in [1.82, 2.24) is 20.5 Å². The van der Waals surface area contributed by atoms with Crippen LogP contribution in [0.5, 0.6) is 0 Å². The molecule has 0 bridgehead atoms. The minimum absolute atomic E-state index is 0.0411. The first kappa shape index (κ1) is 17.5. The lowest BCUT2D eigenvalue weighted by Crippen LogP contribution is -2.21. The number of aryl methyl sites for hydroxylation is 1. The predicted octanol–water partition coefficient (Wildman–Crippen LogP) is 3.59. The van der Waals surface area contributed by atoms with Crippen molar-refractivity contribution in [1.29, 1.82) is 0 Å². The van der Waals surface area contributed by atoms with Gasteiger partial charge >= 0.3 is 0 Å². The number of amides is 1. The normalized spacial score (nSPS) is 15.9. The van der Waals surface area contributed by atoms with Gasteiger partial charge in [0.2, 0.25) is 0 Å². The Morgan fingerprint density at radius 3 is 2.70 bits per heavy atom. The Bertz CT molecular complexity index is 955. The summed E-state index contributed by atoms with van der Waals surface area (Å²) in [6, 6.07) is 9.85. The van der Waals surface area contributed by atoms with Crippen LogP contribution in [0.1, 0.15) is 39.9 Å². The summed E-state index contributed by atoms with van der Waals surface area (Å²) in [4.78, 5) is 17.6. The fraction of sp³-hybridized carbons (Fsp3) is 0.263. The van der Waals surface area contributed by atoms with Crippen molar-refractivity contribution in [3.8, 4) is 10.6 Å². The molecular formula is C19H18FN5OS. The van der Waals surface area contributed by atoms with Crippen LogP contribution in [0.2, 0.25) is 0 Å². The van der Waals surface area contributed by atoms with E-state index < -0.39 is 0 Å². The Hall–Kier alpha value is -2.87. The van der Waals surface area contributed by atoms with E-state index in [1.54, 1.807) is 42.6 Å². The number of nitrogens with zero attached hydrogens (tertiary/aromatic N) is 3. The van der Waals surface area contributed by atoms with Crippen LogP contribution in [0.3, 0.4) is 0 Å². The number of halogens is 1. The fourth-order valence-corrected chi connectivity index (χ4v) is 4.28. The molecule has 6 nitrogen and oxygen atoms in total. The van der Waals surface area contributed by atoms with Crippen molar-refractivity contribution in [3.05, 3.63) is 58.5 Å². The van der Waals surface area contributed by atoms with Gasteiger partial charge in [-0.2, -0.15) is 0 Å². The number of carbonyl (C=O) groups excluding carboxylic acids is 1. The third-order valence-corrected chi connectivity index (χ3v) is 5.67. The van der Waals surface area contributed by atoms with Crippen LogP contribution in [0.25, 0.3) is 10.6 Å². The van der Waals surface area contributed by atoms with Gasteiger partial charge in [0.1, 0.15) is 16.6 Å². The second-order valence-corrected chi connectivity index (χ2v) is 7.39. The van der Waals surface area contributed by atoms with E-state index in [4.69, 9.17) is 4.98 Å². The minimum atomic E-state index is -0.266. The third-order valence-electron chi connectivity index (χ3n) is 4.49. The second kappa shape index (κ2) is 7.40. The minimum Gasteiger partial charge on any atom is -0.360 e. The number of nitrogens with one attached hydrogen (secondary N) is 2. The average Bonchev–Trinajstić information content (AvgIpc) is 3.14. The van der Waals surface area contributed by atoms with Gasteiger partial charge in [0.05, 0.1) is 11.7 Å². The molecule has 0 fully saturated rings. The van der Waals surface area contributed by atoms with Gasteiger partial charge in [0.15, 0.2) is 5.69 Å². The second-order valence-electron chi connectivity index (χ2n) is 6.31. The molecule has 2 aromatic heterocycles. The van der Waals surface area contributed by atoms with Gasteiger partial charge in [-0.3, -0.25) is 4.79 Å². The summed E-state index contributed by atoms with van der Waals surface area (Å²) in [6.45, 7) is 0. The molecule has 1 aliphatic rings. The Morgan fingerprint density at radius 2 is 2.00 bits per heavy atom. The molecule has 3 aromatic rings. The van der Waals surface area contributed by atoms with Gasteiger partial charge in [-0.05, 0) is 55.7 Å². The number of anilines is 1. The van der Waals surface area contributed by atoms with Gasteiger partial charge in [-0.25, -0.2) is 9.37 Å². The van der Waals surface area contributed by atoms with E-state index in [-0.39, 0.29) is 23.5 Å². The van der Waals surface area contributed by atoms with Crippen molar-refractivity contribution in [2.75, 3.05) is 12.4 Å². The van der Waals surface area contributed by atoms with Crippen molar-refractivity contribution in [2.45, 2.75) is 25.3 Å². The molecule has 0 saturated carbocycles. The molecule has 1 aliphatic carbocycles. The molecular weight excluding hydrogens is 365 g/mol. The quantitative estimate of drug-likeness (QED) is 0.720. The van der Waals surface area contributed by atoms with E-state index in [1.165, 1.54) is 17.0 Å². The first-order chi connectivity index (χ1) is 13.1. The summed E-state index contributed by atoms with van der Waals surface area (Å²) in [6.07, 6.45) is 2.99. The molecule has 0 spiro atoms. The number of hydrogen-bond acceptors (Lipinski definition) is 6. The molecule has 0 radical (unpaired) electrons.